The Labute approximate surface area is 105 Å². The monoisotopic (exact) mass is 232 g/mol. The van der Waals surface area contributed by atoms with Gasteiger partial charge in [0.15, 0.2) is 0 Å². The third kappa shape index (κ3) is 2.38. The first-order chi connectivity index (χ1) is 7.98. The van der Waals surface area contributed by atoms with Gasteiger partial charge in [-0.15, -0.1) is 0 Å². The Balaban J connectivity index is 2.28. The number of hydrogen-bond donors (Lipinski definition) is 2. The van der Waals surface area contributed by atoms with E-state index >= 15 is 0 Å². The summed E-state index contributed by atoms with van der Waals surface area (Å²) in [5.41, 5.74) is 8.93. The van der Waals surface area contributed by atoms with Crippen molar-refractivity contribution in [2.45, 2.75) is 44.6 Å². The maximum absolute atomic E-state index is 5.96. The minimum atomic E-state index is 0.0242. The average molecular weight is 232 g/mol. The number of hydrogen-bond acceptors (Lipinski definition) is 2. The van der Waals surface area contributed by atoms with Crippen molar-refractivity contribution in [1.29, 1.82) is 0 Å². The van der Waals surface area contributed by atoms with Crippen molar-refractivity contribution < 1.29 is 0 Å². The Kier molecular flexibility index (Phi) is 3.28. The zero-order valence-electron chi connectivity index (χ0n) is 11.2. The Hall–Kier alpha value is -0.860. The van der Waals surface area contributed by atoms with E-state index in [1.807, 2.05) is 0 Å². The molecule has 1 fully saturated rings. The van der Waals surface area contributed by atoms with Gasteiger partial charge in [0.05, 0.1) is 5.54 Å². The minimum absolute atomic E-state index is 0.0242. The molecule has 1 unspecified atom stereocenters. The molecule has 1 aliphatic heterocycles. The van der Waals surface area contributed by atoms with E-state index in [4.69, 9.17) is 5.73 Å². The summed E-state index contributed by atoms with van der Waals surface area (Å²) in [6, 6.07) is 8.97. The summed E-state index contributed by atoms with van der Waals surface area (Å²) in [4.78, 5) is 0. The fourth-order valence-corrected chi connectivity index (χ4v) is 2.63. The van der Waals surface area contributed by atoms with Gasteiger partial charge in [0.1, 0.15) is 0 Å². The molecule has 94 valence electrons. The van der Waals surface area contributed by atoms with Gasteiger partial charge in [0.2, 0.25) is 0 Å². The third-order valence-corrected chi connectivity index (χ3v) is 3.90. The molecule has 1 atom stereocenters. The standard InChI is InChI=1S/C15H24N2/c1-14(2,3)12-5-7-13(8-6-12)15(11-16)9-4-10-17-15/h5-8,17H,4,9-11,16H2,1-3H3. The molecular weight excluding hydrogens is 208 g/mol. The van der Waals surface area contributed by atoms with E-state index in [-0.39, 0.29) is 11.0 Å². The first-order valence-electron chi connectivity index (χ1n) is 6.54. The molecule has 1 aromatic carbocycles. The smallest absolute Gasteiger partial charge is 0.0559 e. The molecule has 0 spiro atoms. The van der Waals surface area contributed by atoms with Gasteiger partial charge in [-0.25, -0.2) is 0 Å². The minimum Gasteiger partial charge on any atom is -0.328 e. The predicted molar refractivity (Wildman–Crippen MR) is 73.1 cm³/mol. The molecule has 0 aliphatic carbocycles. The van der Waals surface area contributed by atoms with Crippen LogP contribution in [-0.2, 0) is 11.0 Å². The highest BCUT2D eigenvalue weighted by molar-refractivity contribution is 5.32. The molecule has 3 N–H and O–H groups in total. The molecular formula is C15H24N2. The molecule has 0 amide bonds. The van der Waals surface area contributed by atoms with Crippen LogP contribution in [0.2, 0.25) is 0 Å². The van der Waals surface area contributed by atoms with Gasteiger partial charge >= 0.3 is 0 Å². The van der Waals surface area contributed by atoms with Crippen LogP contribution in [0.4, 0.5) is 0 Å². The maximum atomic E-state index is 5.96. The van der Waals surface area contributed by atoms with Crippen LogP contribution in [0, 0.1) is 0 Å². The fraction of sp³-hybridized carbons (Fsp3) is 0.600. The van der Waals surface area contributed by atoms with Crippen LogP contribution < -0.4 is 11.1 Å². The molecule has 1 saturated heterocycles. The highest BCUT2D eigenvalue weighted by Crippen LogP contribution is 2.31. The molecule has 0 radical (unpaired) electrons. The van der Waals surface area contributed by atoms with Gasteiger partial charge in [-0.05, 0) is 35.9 Å². The SMILES string of the molecule is CC(C)(C)c1ccc(C2(CN)CCCN2)cc1. The quantitative estimate of drug-likeness (QED) is 0.822. The maximum Gasteiger partial charge on any atom is 0.0559 e. The summed E-state index contributed by atoms with van der Waals surface area (Å²) in [7, 11) is 0. The number of nitrogens with two attached hydrogens (primary N) is 1. The van der Waals surface area contributed by atoms with Gasteiger partial charge < -0.3 is 11.1 Å². The molecule has 17 heavy (non-hydrogen) atoms. The van der Waals surface area contributed by atoms with Gasteiger partial charge in [0.25, 0.3) is 0 Å². The second-order valence-corrected chi connectivity index (χ2v) is 6.14. The Morgan fingerprint density at radius 3 is 2.29 bits per heavy atom. The summed E-state index contributed by atoms with van der Waals surface area (Å²) < 4.78 is 0. The zero-order chi connectivity index (χ0) is 12.5. The Morgan fingerprint density at radius 2 is 1.88 bits per heavy atom. The molecule has 0 aromatic heterocycles. The number of benzene rings is 1. The van der Waals surface area contributed by atoms with Gasteiger partial charge in [-0.1, -0.05) is 45.0 Å². The van der Waals surface area contributed by atoms with Crippen molar-refractivity contribution in [1.82, 2.24) is 5.32 Å². The Morgan fingerprint density at radius 1 is 1.24 bits per heavy atom. The lowest BCUT2D eigenvalue weighted by atomic mass is 9.83. The number of nitrogens with one attached hydrogen (secondary N) is 1. The van der Waals surface area contributed by atoms with Crippen molar-refractivity contribution in [2.75, 3.05) is 13.1 Å². The summed E-state index contributed by atoms with van der Waals surface area (Å²) in [6.45, 7) is 8.50. The van der Waals surface area contributed by atoms with E-state index in [1.165, 1.54) is 17.5 Å². The average Bonchev–Trinajstić information content (AvgIpc) is 2.78. The largest absolute Gasteiger partial charge is 0.328 e. The van der Waals surface area contributed by atoms with E-state index in [0.717, 1.165) is 13.0 Å². The van der Waals surface area contributed by atoms with Crippen LogP contribution in [0.5, 0.6) is 0 Å². The molecule has 0 saturated carbocycles. The highest BCUT2D eigenvalue weighted by atomic mass is 15.0. The second kappa shape index (κ2) is 4.43. The molecule has 0 bridgehead atoms. The molecule has 2 rings (SSSR count). The van der Waals surface area contributed by atoms with Crippen molar-refractivity contribution in [3.63, 3.8) is 0 Å². The van der Waals surface area contributed by atoms with Gasteiger partial charge in [0, 0.05) is 6.54 Å². The van der Waals surface area contributed by atoms with Crippen molar-refractivity contribution in [3.05, 3.63) is 35.4 Å². The molecule has 1 aromatic rings. The zero-order valence-corrected chi connectivity index (χ0v) is 11.2. The summed E-state index contributed by atoms with van der Waals surface area (Å²) in [5.74, 6) is 0. The van der Waals surface area contributed by atoms with Crippen LogP contribution in [0.25, 0.3) is 0 Å². The van der Waals surface area contributed by atoms with E-state index in [0.29, 0.717) is 6.54 Å². The van der Waals surface area contributed by atoms with Crippen LogP contribution in [0.3, 0.4) is 0 Å². The lowest BCUT2D eigenvalue weighted by molar-refractivity contribution is 0.401. The molecule has 1 heterocycles. The summed E-state index contributed by atoms with van der Waals surface area (Å²) >= 11 is 0. The molecule has 2 nitrogen and oxygen atoms in total. The van der Waals surface area contributed by atoms with Crippen LogP contribution >= 0.6 is 0 Å². The molecule has 2 heteroatoms. The third-order valence-electron chi connectivity index (χ3n) is 3.90. The van der Waals surface area contributed by atoms with E-state index in [9.17, 15) is 0 Å². The van der Waals surface area contributed by atoms with E-state index in [1.54, 1.807) is 0 Å². The van der Waals surface area contributed by atoms with Gasteiger partial charge in [-0.2, -0.15) is 0 Å². The van der Waals surface area contributed by atoms with Crippen molar-refractivity contribution in [3.8, 4) is 0 Å². The molecule has 1 aliphatic rings. The van der Waals surface area contributed by atoms with E-state index in [2.05, 4.69) is 50.4 Å². The van der Waals surface area contributed by atoms with Crippen molar-refractivity contribution >= 4 is 0 Å². The highest BCUT2D eigenvalue weighted by Gasteiger charge is 2.33. The first kappa shape index (κ1) is 12.6. The second-order valence-electron chi connectivity index (χ2n) is 6.14. The van der Waals surface area contributed by atoms with E-state index < -0.39 is 0 Å². The van der Waals surface area contributed by atoms with Crippen LogP contribution in [0.15, 0.2) is 24.3 Å². The van der Waals surface area contributed by atoms with Crippen LogP contribution in [0.1, 0.15) is 44.7 Å². The lowest BCUT2D eigenvalue weighted by Gasteiger charge is -2.29. The predicted octanol–water partition coefficient (Wildman–Crippen LogP) is 2.52. The van der Waals surface area contributed by atoms with Crippen molar-refractivity contribution in [2.24, 2.45) is 5.73 Å². The first-order valence-corrected chi connectivity index (χ1v) is 6.54. The Bertz CT molecular complexity index is 367. The summed E-state index contributed by atoms with van der Waals surface area (Å²) in [6.07, 6.45) is 2.37. The topological polar surface area (TPSA) is 38.0 Å². The normalized spacial score (nSPS) is 25.2. The van der Waals surface area contributed by atoms with Gasteiger partial charge in [-0.3, -0.25) is 0 Å². The fourth-order valence-electron chi connectivity index (χ4n) is 2.63. The number of rotatable bonds is 2. The van der Waals surface area contributed by atoms with Crippen LogP contribution in [-0.4, -0.2) is 13.1 Å². The summed E-state index contributed by atoms with van der Waals surface area (Å²) in [5, 5.41) is 3.57. The lowest BCUT2D eigenvalue weighted by Crippen LogP contribution is -2.43.